The van der Waals surface area contributed by atoms with Crippen molar-refractivity contribution in [2.75, 3.05) is 11.9 Å². The number of carbonyl (C=O) groups is 2. The molecule has 1 aliphatic heterocycles. The standard InChI is InChI=1S/C30H23F3N2O4/c31-22-7-4-19(5-8-22)21(17-39-23-9-6-20-14-29(37)34-27(20)15-23)13-28(36)24-2-1-11-35(30(24)38)16-18-3-10-25(32)26(33)12-18/h1-12,15,21H,13-14,16-17H2,(H,34,37)/t21-/m0/s1. The predicted molar refractivity (Wildman–Crippen MR) is 139 cm³/mol. The summed E-state index contributed by atoms with van der Waals surface area (Å²) in [5.41, 5.74) is 1.91. The summed E-state index contributed by atoms with van der Waals surface area (Å²) in [7, 11) is 0. The fraction of sp³-hybridized carbons (Fsp3) is 0.167. The van der Waals surface area contributed by atoms with Crippen LogP contribution in [0.2, 0.25) is 0 Å². The van der Waals surface area contributed by atoms with Crippen LogP contribution in [0, 0.1) is 17.5 Å². The summed E-state index contributed by atoms with van der Waals surface area (Å²) in [5.74, 6) is -3.02. The first-order valence-electron chi connectivity index (χ1n) is 12.2. The molecule has 5 rings (SSSR count). The lowest BCUT2D eigenvalue weighted by Crippen LogP contribution is -2.27. The Hall–Kier alpha value is -4.66. The number of Topliss-reactive ketones (excluding diaryl/α,β-unsaturated/α-hetero) is 1. The van der Waals surface area contributed by atoms with Crippen LogP contribution >= 0.6 is 0 Å². The Morgan fingerprint density at radius 3 is 2.51 bits per heavy atom. The second kappa shape index (κ2) is 11.0. The van der Waals surface area contributed by atoms with Gasteiger partial charge in [0.1, 0.15) is 11.6 Å². The maximum Gasteiger partial charge on any atom is 0.261 e. The quantitative estimate of drug-likeness (QED) is 0.299. The van der Waals surface area contributed by atoms with Crippen molar-refractivity contribution in [2.45, 2.75) is 25.3 Å². The largest absolute Gasteiger partial charge is 0.493 e. The molecular formula is C30H23F3N2O4. The van der Waals surface area contributed by atoms with Crippen LogP contribution in [0.5, 0.6) is 5.75 Å². The molecule has 1 amide bonds. The summed E-state index contributed by atoms with van der Waals surface area (Å²) >= 11 is 0. The van der Waals surface area contributed by atoms with Gasteiger partial charge in [0.05, 0.1) is 25.1 Å². The molecule has 0 saturated carbocycles. The van der Waals surface area contributed by atoms with Crippen LogP contribution in [0.15, 0.2) is 83.8 Å². The Labute approximate surface area is 221 Å². The SMILES string of the molecule is O=C1Cc2ccc(OC[C@H](CC(=O)c3cccn(Cc4ccc(F)c(F)c4)c3=O)c3ccc(F)cc3)cc2N1. The third-order valence-corrected chi connectivity index (χ3v) is 6.59. The lowest BCUT2D eigenvalue weighted by atomic mass is 9.92. The molecule has 9 heteroatoms. The smallest absolute Gasteiger partial charge is 0.261 e. The van der Waals surface area contributed by atoms with Crippen molar-refractivity contribution in [2.24, 2.45) is 0 Å². The Kier molecular flexibility index (Phi) is 7.31. The molecule has 3 aromatic carbocycles. The molecule has 1 N–H and O–H groups in total. The molecule has 0 bridgehead atoms. The van der Waals surface area contributed by atoms with Crippen molar-refractivity contribution < 1.29 is 27.5 Å². The molecule has 1 aromatic heterocycles. The number of ether oxygens (including phenoxy) is 1. The van der Waals surface area contributed by atoms with Gasteiger partial charge in [0.25, 0.3) is 5.56 Å². The van der Waals surface area contributed by atoms with Crippen LogP contribution in [0.3, 0.4) is 0 Å². The highest BCUT2D eigenvalue weighted by Gasteiger charge is 2.22. The highest BCUT2D eigenvalue weighted by molar-refractivity contribution is 5.99. The summed E-state index contributed by atoms with van der Waals surface area (Å²) in [6.45, 7) is 0.0104. The van der Waals surface area contributed by atoms with Gasteiger partial charge in [-0.2, -0.15) is 0 Å². The monoisotopic (exact) mass is 532 g/mol. The number of nitrogens with one attached hydrogen (secondary N) is 1. The van der Waals surface area contributed by atoms with Crippen molar-refractivity contribution >= 4 is 17.4 Å². The highest BCUT2D eigenvalue weighted by atomic mass is 19.2. The molecule has 0 radical (unpaired) electrons. The summed E-state index contributed by atoms with van der Waals surface area (Å²) < 4.78 is 47.7. The van der Waals surface area contributed by atoms with E-state index in [0.29, 0.717) is 29.0 Å². The molecular weight excluding hydrogens is 509 g/mol. The average molecular weight is 533 g/mol. The summed E-state index contributed by atoms with van der Waals surface area (Å²) in [5, 5.41) is 2.76. The minimum atomic E-state index is -1.03. The minimum Gasteiger partial charge on any atom is -0.493 e. The van der Waals surface area contributed by atoms with Crippen molar-refractivity contribution in [1.29, 1.82) is 0 Å². The van der Waals surface area contributed by atoms with Crippen LogP contribution in [-0.2, 0) is 17.8 Å². The molecule has 0 spiro atoms. The zero-order valence-corrected chi connectivity index (χ0v) is 20.6. The second-order valence-electron chi connectivity index (χ2n) is 9.33. The van der Waals surface area contributed by atoms with Crippen molar-refractivity contribution in [3.63, 3.8) is 0 Å². The van der Waals surface area contributed by atoms with Gasteiger partial charge in [0.2, 0.25) is 5.91 Å². The number of nitrogens with zero attached hydrogens (tertiary/aromatic N) is 1. The average Bonchev–Trinajstić information content (AvgIpc) is 3.29. The lowest BCUT2D eigenvalue weighted by molar-refractivity contribution is -0.115. The van der Waals surface area contributed by atoms with Gasteiger partial charge in [-0.3, -0.25) is 14.4 Å². The van der Waals surface area contributed by atoms with Gasteiger partial charge >= 0.3 is 0 Å². The topological polar surface area (TPSA) is 77.4 Å². The molecule has 6 nitrogen and oxygen atoms in total. The van der Waals surface area contributed by atoms with Gasteiger partial charge in [-0.15, -0.1) is 0 Å². The van der Waals surface area contributed by atoms with Crippen LogP contribution in [0.4, 0.5) is 18.9 Å². The molecule has 2 heterocycles. The van der Waals surface area contributed by atoms with Gasteiger partial charge in [-0.25, -0.2) is 13.2 Å². The molecule has 0 fully saturated rings. The molecule has 0 unspecified atom stereocenters. The Morgan fingerprint density at radius 1 is 0.949 bits per heavy atom. The van der Waals surface area contributed by atoms with Crippen molar-refractivity contribution in [3.8, 4) is 5.75 Å². The summed E-state index contributed by atoms with van der Waals surface area (Å²) in [4.78, 5) is 38.1. The van der Waals surface area contributed by atoms with Gasteiger partial charge in [-0.05, 0) is 59.2 Å². The third kappa shape index (κ3) is 5.93. The van der Waals surface area contributed by atoms with E-state index in [1.165, 1.54) is 41.1 Å². The summed E-state index contributed by atoms with van der Waals surface area (Å²) in [6.07, 6.45) is 1.67. The maximum absolute atomic E-state index is 13.6. The number of ketones is 1. The second-order valence-corrected chi connectivity index (χ2v) is 9.33. The lowest BCUT2D eigenvalue weighted by Gasteiger charge is -2.18. The molecule has 1 aliphatic rings. The van der Waals surface area contributed by atoms with Gasteiger partial charge in [0.15, 0.2) is 17.4 Å². The van der Waals surface area contributed by atoms with E-state index in [0.717, 1.165) is 17.7 Å². The number of fused-ring (bicyclic) bond motifs is 1. The van der Waals surface area contributed by atoms with Crippen molar-refractivity contribution in [3.05, 3.63) is 129 Å². The first-order chi connectivity index (χ1) is 18.8. The zero-order chi connectivity index (χ0) is 27.5. The number of aromatic nitrogens is 1. The number of halogens is 3. The number of anilines is 1. The Bertz CT molecular complexity index is 1620. The number of carbonyl (C=O) groups excluding carboxylic acids is 2. The van der Waals surface area contributed by atoms with Crippen LogP contribution in [-0.4, -0.2) is 22.9 Å². The van der Waals surface area contributed by atoms with E-state index in [2.05, 4.69) is 5.32 Å². The predicted octanol–water partition coefficient (Wildman–Crippen LogP) is 5.24. The number of amides is 1. The zero-order valence-electron chi connectivity index (χ0n) is 20.6. The molecule has 4 aromatic rings. The maximum atomic E-state index is 13.6. The normalized spacial score (nSPS) is 13.1. The fourth-order valence-corrected chi connectivity index (χ4v) is 4.53. The van der Waals surface area contributed by atoms with Crippen LogP contribution in [0.25, 0.3) is 0 Å². The van der Waals surface area contributed by atoms with E-state index in [1.807, 2.05) is 0 Å². The third-order valence-electron chi connectivity index (χ3n) is 6.59. The molecule has 0 aliphatic carbocycles. The molecule has 198 valence electrons. The number of rotatable bonds is 9. The fourth-order valence-electron chi connectivity index (χ4n) is 4.53. The van der Waals surface area contributed by atoms with Gasteiger partial charge in [-0.1, -0.05) is 24.3 Å². The number of benzene rings is 3. The number of hydrogen-bond acceptors (Lipinski definition) is 4. The first kappa shape index (κ1) is 26.0. The number of pyridine rings is 1. The van der Waals surface area contributed by atoms with E-state index < -0.39 is 34.7 Å². The van der Waals surface area contributed by atoms with E-state index in [-0.39, 0.29) is 31.0 Å². The van der Waals surface area contributed by atoms with Crippen LogP contribution < -0.4 is 15.6 Å². The van der Waals surface area contributed by atoms with E-state index >= 15 is 0 Å². The molecule has 0 saturated heterocycles. The van der Waals surface area contributed by atoms with Crippen LogP contribution in [0.1, 0.15) is 39.4 Å². The van der Waals surface area contributed by atoms with Gasteiger partial charge < -0.3 is 14.6 Å². The van der Waals surface area contributed by atoms with E-state index in [4.69, 9.17) is 4.74 Å². The minimum absolute atomic E-state index is 0.0451. The van der Waals surface area contributed by atoms with Gasteiger partial charge in [0, 0.05) is 30.3 Å². The Balaban J connectivity index is 1.35. The van der Waals surface area contributed by atoms with Crippen molar-refractivity contribution in [1.82, 2.24) is 4.57 Å². The molecule has 39 heavy (non-hydrogen) atoms. The first-order valence-corrected chi connectivity index (χ1v) is 12.2. The van der Waals surface area contributed by atoms with E-state index in [1.54, 1.807) is 30.3 Å². The summed E-state index contributed by atoms with van der Waals surface area (Å²) in [6, 6.07) is 17.2. The van der Waals surface area contributed by atoms with E-state index in [9.17, 15) is 27.6 Å². The highest BCUT2D eigenvalue weighted by Crippen LogP contribution is 2.29. The number of hydrogen-bond donors (Lipinski definition) is 1. The molecule has 1 atom stereocenters. The Morgan fingerprint density at radius 2 is 1.74 bits per heavy atom.